The summed E-state index contributed by atoms with van der Waals surface area (Å²) in [4.78, 5) is 11.0. The van der Waals surface area contributed by atoms with Crippen LogP contribution in [0.15, 0.2) is 24.3 Å². The SMILES string of the molecule is COc1ccc(C(OC(C)=O)C(I)I)cc1. The minimum absolute atomic E-state index is 0.187. The van der Waals surface area contributed by atoms with E-state index in [-0.39, 0.29) is 14.0 Å². The third kappa shape index (κ3) is 4.08. The lowest BCUT2D eigenvalue weighted by Crippen LogP contribution is -2.13. The lowest BCUT2D eigenvalue weighted by Gasteiger charge is -2.19. The number of carbonyl (C=O) groups excluding carboxylic acids is 1. The average molecular weight is 446 g/mol. The second-order valence-corrected chi connectivity index (χ2v) is 8.21. The van der Waals surface area contributed by atoms with Crippen molar-refractivity contribution in [2.45, 2.75) is 15.0 Å². The van der Waals surface area contributed by atoms with Crippen LogP contribution in [-0.4, -0.2) is 15.0 Å². The highest BCUT2D eigenvalue weighted by Crippen LogP contribution is 2.32. The summed E-state index contributed by atoms with van der Waals surface area (Å²) in [7, 11) is 1.62. The van der Waals surface area contributed by atoms with Crippen LogP contribution < -0.4 is 4.74 Å². The van der Waals surface area contributed by atoms with Crippen molar-refractivity contribution in [1.82, 2.24) is 0 Å². The van der Waals surface area contributed by atoms with Gasteiger partial charge in [0.25, 0.3) is 0 Å². The summed E-state index contributed by atoms with van der Waals surface area (Å²) in [5, 5.41) is 0. The molecular formula is C11H12I2O3. The second-order valence-electron chi connectivity index (χ2n) is 3.14. The lowest BCUT2D eigenvalue weighted by atomic mass is 10.1. The summed E-state index contributed by atoms with van der Waals surface area (Å²) in [6.45, 7) is 1.42. The Morgan fingerprint density at radius 2 is 1.81 bits per heavy atom. The molecule has 0 N–H and O–H groups in total. The maximum Gasteiger partial charge on any atom is 0.303 e. The Morgan fingerprint density at radius 3 is 2.19 bits per heavy atom. The molecule has 16 heavy (non-hydrogen) atoms. The Hall–Kier alpha value is -0.0500. The van der Waals surface area contributed by atoms with Crippen molar-refractivity contribution in [3.8, 4) is 5.75 Å². The minimum Gasteiger partial charge on any atom is -0.497 e. The molecule has 1 aromatic carbocycles. The van der Waals surface area contributed by atoms with E-state index in [0.29, 0.717) is 0 Å². The fourth-order valence-electron chi connectivity index (χ4n) is 1.24. The van der Waals surface area contributed by atoms with Crippen LogP contribution in [0.25, 0.3) is 0 Å². The molecule has 0 aliphatic rings. The molecule has 1 unspecified atom stereocenters. The summed E-state index contributed by atoms with van der Waals surface area (Å²) in [6.07, 6.45) is -0.218. The van der Waals surface area contributed by atoms with Crippen LogP contribution in [0.1, 0.15) is 18.6 Å². The molecule has 0 saturated carbocycles. The first-order valence-corrected chi connectivity index (χ1v) is 7.13. The van der Waals surface area contributed by atoms with E-state index in [1.807, 2.05) is 24.3 Å². The number of esters is 1. The second kappa shape index (κ2) is 6.63. The molecule has 3 nitrogen and oxygen atoms in total. The number of benzene rings is 1. The predicted molar refractivity (Wildman–Crippen MR) is 79.3 cm³/mol. The lowest BCUT2D eigenvalue weighted by molar-refractivity contribution is -0.145. The number of hydrogen-bond acceptors (Lipinski definition) is 3. The van der Waals surface area contributed by atoms with Gasteiger partial charge < -0.3 is 9.47 Å². The van der Waals surface area contributed by atoms with Crippen molar-refractivity contribution < 1.29 is 14.3 Å². The molecule has 0 amide bonds. The Bertz CT molecular complexity index is 349. The Balaban J connectivity index is 2.88. The Morgan fingerprint density at radius 1 is 1.25 bits per heavy atom. The monoisotopic (exact) mass is 446 g/mol. The molecule has 1 rings (SSSR count). The summed E-state index contributed by atoms with van der Waals surface area (Å²) in [6, 6.07) is 7.55. The van der Waals surface area contributed by atoms with Gasteiger partial charge in [-0.1, -0.05) is 57.3 Å². The van der Waals surface area contributed by atoms with Crippen molar-refractivity contribution in [3.63, 3.8) is 0 Å². The van der Waals surface area contributed by atoms with Gasteiger partial charge in [0.15, 0.2) is 0 Å². The van der Waals surface area contributed by atoms with Gasteiger partial charge in [-0.15, -0.1) is 0 Å². The minimum atomic E-state index is -0.265. The maximum atomic E-state index is 11.0. The van der Waals surface area contributed by atoms with Crippen LogP contribution in [0, 0.1) is 0 Å². The summed E-state index contributed by atoms with van der Waals surface area (Å²) >= 11 is 4.48. The van der Waals surface area contributed by atoms with Gasteiger partial charge in [-0.3, -0.25) is 4.79 Å². The molecular weight excluding hydrogens is 434 g/mol. The highest BCUT2D eigenvalue weighted by atomic mass is 127. The van der Waals surface area contributed by atoms with Gasteiger partial charge in [0, 0.05) is 6.92 Å². The molecule has 0 bridgehead atoms. The number of halogens is 2. The fraction of sp³-hybridized carbons (Fsp3) is 0.364. The smallest absolute Gasteiger partial charge is 0.303 e. The zero-order valence-electron chi connectivity index (χ0n) is 8.94. The first kappa shape index (κ1) is 14.0. The van der Waals surface area contributed by atoms with Crippen LogP contribution in [0.4, 0.5) is 0 Å². The Labute approximate surface area is 122 Å². The van der Waals surface area contributed by atoms with E-state index in [0.717, 1.165) is 11.3 Å². The van der Waals surface area contributed by atoms with Gasteiger partial charge in [-0.25, -0.2) is 0 Å². The molecule has 0 heterocycles. The fourth-order valence-corrected chi connectivity index (χ4v) is 2.36. The third-order valence-corrected chi connectivity index (χ3v) is 3.27. The summed E-state index contributed by atoms with van der Waals surface area (Å²) in [5.74, 6) is 0.531. The average Bonchev–Trinajstić information content (AvgIpc) is 2.25. The van der Waals surface area contributed by atoms with Crippen LogP contribution in [-0.2, 0) is 9.53 Å². The summed E-state index contributed by atoms with van der Waals surface area (Å²) in [5.41, 5.74) is 0.977. The number of hydrogen-bond donors (Lipinski definition) is 0. The molecule has 0 aliphatic carbocycles. The first-order chi connectivity index (χ1) is 7.54. The van der Waals surface area contributed by atoms with E-state index in [4.69, 9.17) is 9.47 Å². The predicted octanol–water partition coefficient (Wildman–Crippen LogP) is 3.50. The normalized spacial score (nSPS) is 12.3. The van der Waals surface area contributed by atoms with Crippen molar-refractivity contribution in [3.05, 3.63) is 29.8 Å². The first-order valence-electron chi connectivity index (χ1n) is 4.64. The summed E-state index contributed by atoms with van der Waals surface area (Å²) < 4.78 is 10.5. The number of rotatable bonds is 4. The number of alkyl halides is 2. The van der Waals surface area contributed by atoms with Crippen LogP contribution in [0.5, 0.6) is 5.75 Å². The number of methoxy groups -OCH3 is 1. The number of carbonyl (C=O) groups is 1. The maximum absolute atomic E-state index is 11.0. The highest BCUT2D eigenvalue weighted by Gasteiger charge is 2.21. The van der Waals surface area contributed by atoms with Gasteiger partial charge in [-0.05, 0) is 17.7 Å². The molecule has 0 saturated heterocycles. The van der Waals surface area contributed by atoms with Crippen molar-refractivity contribution in [1.29, 1.82) is 0 Å². The van der Waals surface area contributed by atoms with Crippen LogP contribution >= 0.6 is 45.2 Å². The van der Waals surface area contributed by atoms with Crippen LogP contribution in [0.3, 0.4) is 0 Å². The van der Waals surface area contributed by atoms with Gasteiger partial charge in [-0.2, -0.15) is 0 Å². The van der Waals surface area contributed by atoms with E-state index in [1.165, 1.54) is 6.92 Å². The molecule has 5 heteroatoms. The van der Waals surface area contributed by atoms with Gasteiger partial charge in [0.05, 0.1) is 7.11 Å². The van der Waals surface area contributed by atoms with Crippen molar-refractivity contribution >= 4 is 51.2 Å². The molecule has 0 radical (unpaired) electrons. The molecule has 1 aromatic rings. The number of ether oxygens (including phenoxy) is 2. The molecule has 1 atom stereocenters. The third-order valence-electron chi connectivity index (χ3n) is 1.97. The van der Waals surface area contributed by atoms with E-state index in [2.05, 4.69) is 45.2 Å². The van der Waals surface area contributed by atoms with Crippen molar-refractivity contribution in [2.24, 2.45) is 0 Å². The largest absolute Gasteiger partial charge is 0.497 e. The van der Waals surface area contributed by atoms with Gasteiger partial charge in [0.1, 0.15) is 13.8 Å². The Kier molecular flexibility index (Phi) is 5.81. The van der Waals surface area contributed by atoms with Crippen molar-refractivity contribution in [2.75, 3.05) is 7.11 Å². The molecule has 0 fully saturated rings. The van der Waals surface area contributed by atoms with Crippen LogP contribution in [0.2, 0.25) is 0 Å². The zero-order valence-corrected chi connectivity index (χ0v) is 13.3. The quantitative estimate of drug-likeness (QED) is 0.404. The highest BCUT2D eigenvalue weighted by molar-refractivity contribution is 14.2. The van der Waals surface area contributed by atoms with Gasteiger partial charge >= 0.3 is 5.97 Å². The topological polar surface area (TPSA) is 35.5 Å². The molecule has 0 aliphatic heterocycles. The van der Waals surface area contributed by atoms with E-state index in [1.54, 1.807) is 7.11 Å². The zero-order chi connectivity index (χ0) is 12.1. The van der Waals surface area contributed by atoms with Gasteiger partial charge in [0.2, 0.25) is 0 Å². The van der Waals surface area contributed by atoms with E-state index in [9.17, 15) is 4.79 Å². The molecule has 0 aromatic heterocycles. The van der Waals surface area contributed by atoms with E-state index >= 15 is 0 Å². The van der Waals surface area contributed by atoms with E-state index < -0.39 is 0 Å². The molecule has 88 valence electrons. The standard InChI is InChI=1S/C11H12I2O3/c1-7(14)16-10(11(12)13)8-3-5-9(15-2)6-4-8/h3-6,10-11H,1-2H3. The molecule has 0 spiro atoms.